The van der Waals surface area contributed by atoms with Gasteiger partial charge in [-0.15, -0.1) is 0 Å². The summed E-state index contributed by atoms with van der Waals surface area (Å²) in [5.74, 6) is -0.715. The van der Waals surface area contributed by atoms with Gasteiger partial charge in [-0.1, -0.05) is 0 Å². The van der Waals surface area contributed by atoms with Gasteiger partial charge in [0.1, 0.15) is 0 Å². The topological polar surface area (TPSA) is 43.8 Å². The monoisotopic (exact) mass is 226 g/mol. The summed E-state index contributed by atoms with van der Waals surface area (Å²) in [4.78, 5) is 15.8. The Hall–Kier alpha value is -0.610. The van der Waals surface area contributed by atoms with Gasteiger partial charge in [0.25, 0.3) is 0 Å². The first-order chi connectivity index (χ1) is 7.59. The van der Waals surface area contributed by atoms with Gasteiger partial charge in [-0.3, -0.25) is 14.6 Å². The molecule has 1 heterocycles. The van der Waals surface area contributed by atoms with Crippen molar-refractivity contribution in [2.75, 3.05) is 26.2 Å². The summed E-state index contributed by atoms with van der Waals surface area (Å²) < 4.78 is 0. The molecule has 92 valence electrons. The Kier molecular flexibility index (Phi) is 3.50. The van der Waals surface area contributed by atoms with E-state index in [2.05, 4.69) is 23.6 Å². The summed E-state index contributed by atoms with van der Waals surface area (Å²) in [6.07, 6.45) is 1.93. The molecule has 2 aliphatic rings. The Labute approximate surface area is 97.2 Å². The predicted molar refractivity (Wildman–Crippen MR) is 62.4 cm³/mol. The molecule has 1 aliphatic heterocycles. The van der Waals surface area contributed by atoms with E-state index in [1.165, 1.54) is 0 Å². The predicted octanol–water partition coefficient (Wildman–Crippen LogP) is 0.876. The van der Waals surface area contributed by atoms with Crippen LogP contribution in [0.25, 0.3) is 0 Å². The van der Waals surface area contributed by atoms with Crippen LogP contribution in [-0.4, -0.2) is 59.1 Å². The maximum Gasteiger partial charge on any atom is 0.308 e. The molecule has 16 heavy (non-hydrogen) atoms. The number of aliphatic carboxylic acids is 1. The summed E-state index contributed by atoms with van der Waals surface area (Å²) in [5.41, 5.74) is 0. The van der Waals surface area contributed by atoms with Crippen molar-refractivity contribution >= 4 is 5.97 Å². The van der Waals surface area contributed by atoms with Crippen molar-refractivity contribution in [3.05, 3.63) is 0 Å². The second-order valence-corrected chi connectivity index (χ2v) is 5.26. The highest BCUT2D eigenvalue weighted by atomic mass is 16.4. The highest BCUT2D eigenvalue weighted by Crippen LogP contribution is 2.32. The zero-order valence-corrected chi connectivity index (χ0v) is 10.2. The van der Waals surface area contributed by atoms with Gasteiger partial charge in [0, 0.05) is 38.3 Å². The van der Waals surface area contributed by atoms with Crippen molar-refractivity contribution < 1.29 is 9.90 Å². The highest BCUT2D eigenvalue weighted by Gasteiger charge is 2.41. The van der Waals surface area contributed by atoms with Crippen LogP contribution in [0.1, 0.15) is 26.7 Å². The van der Waals surface area contributed by atoms with Crippen molar-refractivity contribution in [1.82, 2.24) is 9.80 Å². The first-order valence-electron chi connectivity index (χ1n) is 6.30. The van der Waals surface area contributed by atoms with Crippen molar-refractivity contribution in [3.8, 4) is 0 Å². The Bertz CT molecular complexity index is 260. The third kappa shape index (κ3) is 2.23. The summed E-state index contributed by atoms with van der Waals surface area (Å²) >= 11 is 0. The second kappa shape index (κ2) is 4.72. The van der Waals surface area contributed by atoms with E-state index in [4.69, 9.17) is 5.11 Å². The van der Waals surface area contributed by atoms with E-state index in [9.17, 15) is 4.79 Å². The van der Waals surface area contributed by atoms with Crippen LogP contribution in [-0.2, 0) is 4.79 Å². The Morgan fingerprint density at radius 1 is 1.19 bits per heavy atom. The van der Waals surface area contributed by atoms with E-state index in [0.29, 0.717) is 12.1 Å². The number of rotatable bonds is 3. The number of hydrogen-bond acceptors (Lipinski definition) is 3. The Balaban J connectivity index is 1.83. The van der Waals surface area contributed by atoms with Gasteiger partial charge in [0.2, 0.25) is 0 Å². The van der Waals surface area contributed by atoms with Crippen LogP contribution in [0.15, 0.2) is 0 Å². The number of carboxylic acids is 1. The molecule has 1 aliphatic carbocycles. The van der Waals surface area contributed by atoms with Crippen molar-refractivity contribution in [1.29, 1.82) is 0 Å². The van der Waals surface area contributed by atoms with Crippen LogP contribution in [0.2, 0.25) is 0 Å². The zero-order valence-electron chi connectivity index (χ0n) is 10.2. The van der Waals surface area contributed by atoms with Crippen molar-refractivity contribution in [2.24, 2.45) is 5.92 Å². The van der Waals surface area contributed by atoms with E-state index in [0.717, 1.165) is 39.0 Å². The van der Waals surface area contributed by atoms with Crippen LogP contribution >= 0.6 is 0 Å². The van der Waals surface area contributed by atoms with Crippen LogP contribution in [0.4, 0.5) is 0 Å². The van der Waals surface area contributed by atoms with Gasteiger partial charge in [-0.25, -0.2) is 0 Å². The Morgan fingerprint density at radius 3 is 2.19 bits per heavy atom. The van der Waals surface area contributed by atoms with E-state index in [1.807, 2.05) is 0 Å². The number of piperazine rings is 1. The van der Waals surface area contributed by atoms with Crippen LogP contribution in [0.3, 0.4) is 0 Å². The number of nitrogens with zero attached hydrogens (tertiary/aromatic N) is 2. The third-order valence-electron chi connectivity index (χ3n) is 4.10. The average molecular weight is 226 g/mol. The lowest BCUT2D eigenvalue weighted by Crippen LogP contribution is -2.57. The average Bonchev–Trinajstić information content (AvgIpc) is 2.15. The van der Waals surface area contributed by atoms with Crippen LogP contribution < -0.4 is 0 Å². The lowest BCUT2D eigenvalue weighted by atomic mass is 9.78. The molecule has 0 aromatic carbocycles. The number of hydrogen-bond donors (Lipinski definition) is 1. The maximum atomic E-state index is 11.0. The van der Waals surface area contributed by atoms with Gasteiger partial charge in [0.05, 0.1) is 5.92 Å². The van der Waals surface area contributed by atoms with Crippen molar-refractivity contribution in [2.45, 2.75) is 38.8 Å². The van der Waals surface area contributed by atoms with E-state index in [-0.39, 0.29) is 5.92 Å². The molecule has 0 aromatic heterocycles. The first-order valence-corrected chi connectivity index (χ1v) is 6.30. The molecule has 2 fully saturated rings. The minimum atomic E-state index is -0.609. The Morgan fingerprint density at radius 2 is 1.81 bits per heavy atom. The fourth-order valence-electron chi connectivity index (χ4n) is 2.79. The lowest BCUT2D eigenvalue weighted by Gasteiger charge is -2.46. The summed E-state index contributed by atoms with van der Waals surface area (Å²) in [7, 11) is 0. The molecule has 0 amide bonds. The molecule has 1 saturated carbocycles. The number of carbonyl (C=O) groups is 1. The van der Waals surface area contributed by atoms with Gasteiger partial charge in [-0.2, -0.15) is 0 Å². The molecular weight excluding hydrogens is 204 g/mol. The zero-order chi connectivity index (χ0) is 11.7. The summed E-state index contributed by atoms with van der Waals surface area (Å²) in [5, 5.41) is 9.04. The smallest absolute Gasteiger partial charge is 0.308 e. The first kappa shape index (κ1) is 11.9. The van der Waals surface area contributed by atoms with Crippen LogP contribution in [0, 0.1) is 5.92 Å². The summed E-state index contributed by atoms with van der Waals surface area (Å²) in [6.45, 7) is 8.68. The molecule has 4 nitrogen and oxygen atoms in total. The number of carboxylic acid groups (broad SMARTS) is 1. The summed E-state index contributed by atoms with van der Waals surface area (Å²) in [6, 6.07) is 0.922. The van der Waals surface area contributed by atoms with Gasteiger partial charge < -0.3 is 5.11 Å². The van der Waals surface area contributed by atoms with Crippen LogP contribution in [0.5, 0.6) is 0 Å². The largest absolute Gasteiger partial charge is 0.481 e. The molecular formula is C12H22N2O2. The third-order valence-corrected chi connectivity index (χ3v) is 4.10. The highest BCUT2D eigenvalue weighted by molar-refractivity contribution is 5.72. The van der Waals surface area contributed by atoms with E-state index < -0.39 is 5.97 Å². The maximum absolute atomic E-state index is 11.0. The minimum Gasteiger partial charge on any atom is -0.481 e. The van der Waals surface area contributed by atoms with Crippen molar-refractivity contribution in [3.63, 3.8) is 0 Å². The molecule has 2 rings (SSSR count). The molecule has 0 radical (unpaired) electrons. The molecule has 4 heteroatoms. The minimum absolute atomic E-state index is 0.106. The fourth-order valence-corrected chi connectivity index (χ4v) is 2.79. The second-order valence-electron chi connectivity index (χ2n) is 5.26. The molecule has 0 bridgehead atoms. The molecule has 1 N–H and O–H groups in total. The molecule has 0 aromatic rings. The standard InChI is InChI=1S/C12H22N2O2/c1-9(2)13-5-7-14(8-6-13)11-4-3-10(11)12(15)16/h9-11H,3-8H2,1-2H3,(H,15,16). The van der Waals surface area contributed by atoms with E-state index >= 15 is 0 Å². The molecule has 1 saturated heterocycles. The lowest BCUT2D eigenvalue weighted by molar-refractivity contribution is -0.149. The SMILES string of the molecule is CC(C)N1CCN(C2CCC2C(=O)O)CC1. The van der Waals surface area contributed by atoms with Gasteiger partial charge >= 0.3 is 5.97 Å². The fraction of sp³-hybridized carbons (Fsp3) is 0.917. The molecule has 2 atom stereocenters. The molecule has 2 unspecified atom stereocenters. The molecule has 0 spiro atoms. The quantitative estimate of drug-likeness (QED) is 0.775. The van der Waals surface area contributed by atoms with Gasteiger partial charge in [0.15, 0.2) is 0 Å². The van der Waals surface area contributed by atoms with Gasteiger partial charge in [-0.05, 0) is 26.7 Å². The van der Waals surface area contributed by atoms with E-state index in [1.54, 1.807) is 0 Å². The normalized spacial score (nSPS) is 32.7.